The van der Waals surface area contributed by atoms with Crippen LogP contribution in [-0.4, -0.2) is 19.6 Å². The summed E-state index contributed by atoms with van der Waals surface area (Å²) in [5.41, 5.74) is 2.37. The zero-order valence-corrected chi connectivity index (χ0v) is 11.7. The Morgan fingerprint density at radius 3 is 2.75 bits per heavy atom. The van der Waals surface area contributed by atoms with Crippen molar-refractivity contribution in [1.82, 2.24) is 19.6 Å². The third-order valence-electron chi connectivity index (χ3n) is 2.50. The highest BCUT2D eigenvalue weighted by atomic mass is 127. The van der Waals surface area contributed by atoms with Crippen molar-refractivity contribution < 1.29 is 0 Å². The summed E-state index contributed by atoms with van der Waals surface area (Å²) in [7, 11) is 0. The lowest BCUT2D eigenvalue weighted by Gasteiger charge is -2.04. The molecule has 5 heteroatoms. The average Bonchev–Trinajstić information content (AvgIpc) is 2.85. The SMILES string of the molecule is CCc1cc(Cn2cc(I)cn2)n(CC)n1. The van der Waals surface area contributed by atoms with Gasteiger partial charge < -0.3 is 0 Å². The van der Waals surface area contributed by atoms with E-state index in [9.17, 15) is 0 Å². The molecule has 0 atom stereocenters. The standard InChI is InChI=1S/C11H15IN4/c1-3-10-5-11(16(4-2)14-10)8-15-7-9(12)6-13-15/h5-7H,3-4,8H2,1-2H3. The van der Waals surface area contributed by atoms with E-state index in [-0.39, 0.29) is 0 Å². The van der Waals surface area contributed by atoms with Crippen molar-refractivity contribution in [1.29, 1.82) is 0 Å². The molecular weight excluding hydrogens is 315 g/mol. The lowest BCUT2D eigenvalue weighted by atomic mass is 10.3. The van der Waals surface area contributed by atoms with Crippen LogP contribution in [0.15, 0.2) is 18.5 Å². The molecule has 0 aliphatic rings. The normalized spacial score (nSPS) is 10.9. The van der Waals surface area contributed by atoms with E-state index in [1.165, 1.54) is 5.69 Å². The minimum Gasteiger partial charge on any atom is -0.268 e. The number of hydrogen-bond acceptors (Lipinski definition) is 2. The van der Waals surface area contributed by atoms with Crippen LogP contribution in [0.2, 0.25) is 0 Å². The summed E-state index contributed by atoms with van der Waals surface area (Å²) in [6, 6.07) is 2.16. The highest BCUT2D eigenvalue weighted by Crippen LogP contribution is 2.09. The minimum absolute atomic E-state index is 0.795. The molecule has 2 heterocycles. The van der Waals surface area contributed by atoms with Crippen molar-refractivity contribution >= 4 is 22.6 Å². The Hall–Kier alpha value is -0.850. The molecule has 0 aliphatic carbocycles. The molecule has 0 saturated heterocycles. The van der Waals surface area contributed by atoms with Gasteiger partial charge in [-0.2, -0.15) is 10.2 Å². The summed E-state index contributed by atoms with van der Waals surface area (Å²) in [5.74, 6) is 0. The van der Waals surface area contributed by atoms with E-state index in [2.05, 4.69) is 52.7 Å². The first-order valence-electron chi connectivity index (χ1n) is 5.46. The van der Waals surface area contributed by atoms with Gasteiger partial charge in [-0.1, -0.05) is 6.92 Å². The van der Waals surface area contributed by atoms with Crippen LogP contribution in [0.4, 0.5) is 0 Å². The van der Waals surface area contributed by atoms with E-state index >= 15 is 0 Å². The van der Waals surface area contributed by atoms with Crippen LogP contribution in [0.3, 0.4) is 0 Å². The molecular formula is C11H15IN4. The second kappa shape index (κ2) is 4.99. The van der Waals surface area contributed by atoms with Crippen molar-refractivity contribution in [3.05, 3.63) is 33.4 Å². The maximum Gasteiger partial charge on any atom is 0.0828 e. The predicted octanol–water partition coefficient (Wildman–Crippen LogP) is 2.31. The number of nitrogens with zero attached hydrogens (tertiary/aromatic N) is 4. The van der Waals surface area contributed by atoms with E-state index in [1.807, 2.05) is 21.8 Å². The molecule has 0 saturated carbocycles. The molecule has 2 aromatic heterocycles. The number of aromatic nitrogens is 4. The molecule has 0 bridgehead atoms. The zero-order valence-electron chi connectivity index (χ0n) is 9.52. The minimum atomic E-state index is 0.795. The van der Waals surface area contributed by atoms with Crippen molar-refractivity contribution in [3.63, 3.8) is 0 Å². The number of rotatable bonds is 4. The topological polar surface area (TPSA) is 35.6 Å². The first-order valence-corrected chi connectivity index (χ1v) is 6.54. The smallest absolute Gasteiger partial charge is 0.0828 e. The molecule has 0 unspecified atom stereocenters. The summed E-state index contributed by atoms with van der Waals surface area (Å²) in [5, 5.41) is 8.81. The van der Waals surface area contributed by atoms with E-state index in [0.717, 1.165) is 28.8 Å². The Morgan fingerprint density at radius 1 is 1.38 bits per heavy atom. The number of hydrogen-bond donors (Lipinski definition) is 0. The molecule has 86 valence electrons. The van der Waals surface area contributed by atoms with Gasteiger partial charge >= 0.3 is 0 Å². The Balaban J connectivity index is 2.22. The Bertz CT molecular complexity index is 472. The van der Waals surface area contributed by atoms with E-state index in [0.29, 0.717) is 0 Å². The molecule has 0 aromatic carbocycles. The lowest BCUT2D eigenvalue weighted by Crippen LogP contribution is -2.08. The Kier molecular flexibility index (Phi) is 3.63. The molecule has 0 N–H and O–H groups in total. The lowest BCUT2D eigenvalue weighted by molar-refractivity contribution is 0.573. The predicted molar refractivity (Wildman–Crippen MR) is 71.3 cm³/mol. The average molecular weight is 330 g/mol. The largest absolute Gasteiger partial charge is 0.268 e. The van der Waals surface area contributed by atoms with Gasteiger partial charge in [0.2, 0.25) is 0 Å². The van der Waals surface area contributed by atoms with Gasteiger partial charge in [0, 0.05) is 12.7 Å². The van der Waals surface area contributed by atoms with E-state index < -0.39 is 0 Å². The summed E-state index contributed by atoms with van der Waals surface area (Å²) in [4.78, 5) is 0. The van der Waals surface area contributed by atoms with Crippen molar-refractivity contribution in [2.45, 2.75) is 33.4 Å². The molecule has 0 amide bonds. The van der Waals surface area contributed by atoms with Gasteiger partial charge in [-0.05, 0) is 42.0 Å². The summed E-state index contributed by atoms with van der Waals surface area (Å²) >= 11 is 2.27. The molecule has 0 spiro atoms. The van der Waals surface area contributed by atoms with Crippen LogP contribution in [0.5, 0.6) is 0 Å². The van der Waals surface area contributed by atoms with Crippen molar-refractivity contribution in [3.8, 4) is 0 Å². The number of halogens is 1. The first kappa shape index (κ1) is 11.6. The highest BCUT2D eigenvalue weighted by Gasteiger charge is 2.06. The quantitative estimate of drug-likeness (QED) is 0.807. The fraction of sp³-hybridized carbons (Fsp3) is 0.455. The van der Waals surface area contributed by atoms with Crippen molar-refractivity contribution in [2.24, 2.45) is 0 Å². The third-order valence-corrected chi connectivity index (χ3v) is 3.06. The van der Waals surface area contributed by atoms with Crippen LogP contribution >= 0.6 is 22.6 Å². The van der Waals surface area contributed by atoms with Gasteiger partial charge in [-0.3, -0.25) is 9.36 Å². The first-order chi connectivity index (χ1) is 7.72. The molecule has 0 fully saturated rings. The van der Waals surface area contributed by atoms with E-state index in [1.54, 1.807) is 0 Å². The summed E-state index contributed by atoms with van der Waals surface area (Å²) < 4.78 is 5.16. The number of aryl methyl sites for hydroxylation is 2. The van der Waals surface area contributed by atoms with Crippen LogP contribution in [0.25, 0.3) is 0 Å². The van der Waals surface area contributed by atoms with Crippen LogP contribution in [0.1, 0.15) is 25.2 Å². The monoisotopic (exact) mass is 330 g/mol. The fourth-order valence-electron chi connectivity index (χ4n) is 1.68. The Morgan fingerprint density at radius 2 is 2.19 bits per heavy atom. The van der Waals surface area contributed by atoms with Crippen LogP contribution in [-0.2, 0) is 19.5 Å². The maximum atomic E-state index is 4.52. The molecule has 2 aromatic rings. The molecule has 16 heavy (non-hydrogen) atoms. The van der Waals surface area contributed by atoms with Crippen LogP contribution in [0, 0.1) is 3.57 Å². The highest BCUT2D eigenvalue weighted by molar-refractivity contribution is 14.1. The molecule has 0 radical (unpaired) electrons. The molecule has 0 aliphatic heterocycles. The third kappa shape index (κ3) is 2.45. The van der Waals surface area contributed by atoms with Gasteiger partial charge in [-0.25, -0.2) is 0 Å². The molecule has 4 nitrogen and oxygen atoms in total. The van der Waals surface area contributed by atoms with E-state index in [4.69, 9.17) is 0 Å². The fourth-order valence-corrected chi connectivity index (χ4v) is 2.13. The van der Waals surface area contributed by atoms with Gasteiger partial charge in [0.05, 0.1) is 27.7 Å². The van der Waals surface area contributed by atoms with Crippen LogP contribution < -0.4 is 0 Å². The zero-order chi connectivity index (χ0) is 11.5. The van der Waals surface area contributed by atoms with Gasteiger partial charge in [-0.15, -0.1) is 0 Å². The second-order valence-corrected chi connectivity index (χ2v) is 4.90. The van der Waals surface area contributed by atoms with Gasteiger partial charge in [0.1, 0.15) is 0 Å². The van der Waals surface area contributed by atoms with Gasteiger partial charge in [0.25, 0.3) is 0 Å². The molecule has 2 rings (SSSR count). The Labute approximate surface area is 109 Å². The summed E-state index contributed by atoms with van der Waals surface area (Å²) in [6.45, 7) is 5.95. The van der Waals surface area contributed by atoms with Gasteiger partial charge in [0.15, 0.2) is 0 Å². The van der Waals surface area contributed by atoms with Crippen molar-refractivity contribution in [2.75, 3.05) is 0 Å². The summed E-state index contributed by atoms with van der Waals surface area (Å²) in [6.07, 6.45) is 4.89. The maximum absolute atomic E-state index is 4.52. The second-order valence-electron chi connectivity index (χ2n) is 3.65.